The molecule has 0 aliphatic rings. The van der Waals surface area contributed by atoms with Gasteiger partial charge in [-0.25, -0.2) is 4.39 Å². The number of nitrogens with zero attached hydrogens (tertiary/aromatic N) is 3. The lowest BCUT2D eigenvalue weighted by atomic mass is 10.2. The molecule has 0 aliphatic carbocycles. The fourth-order valence-corrected chi connectivity index (χ4v) is 3.85. The van der Waals surface area contributed by atoms with Crippen LogP contribution in [0.2, 0.25) is 10.0 Å². The standard InChI is InChI=1S/C17H15Cl2FN4S/c1-24-16(9-21-12-7-5-11(20)6-8-12)22-23-17(24)25-10-13-14(18)3-2-4-15(13)19/h2-8,21H,9-10H2,1H3. The molecular weight excluding hydrogens is 382 g/mol. The van der Waals surface area contributed by atoms with Gasteiger partial charge in [-0.15, -0.1) is 10.2 Å². The lowest BCUT2D eigenvalue weighted by Gasteiger charge is -2.08. The van der Waals surface area contributed by atoms with E-state index in [1.807, 2.05) is 29.8 Å². The Bertz CT molecular complexity index is 847. The van der Waals surface area contributed by atoms with Crippen LogP contribution in [-0.2, 0) is 19.3 Å². The van der Waals surface area contributed by atoms with Crippen LogP contribution in [0.5, 0.6) is 0 Å². The Hall–Kier alpha value is -1.76. The topological polar surface area (TPSA) is 42.7 Å². The molecule has 8 heteroatoms. The van der Waals surface area contributed by atoms with Crippen molar-refractivity contribution in [3.8, 4) is 0 Å². The first-order valence-electron chi connectivity index (χ1n) is 7.48. The molecule has 2 aromatic carbocycles. The number of aromatic nitrogens is 3. The van der Waals surface area contributed by atoms with Crippen LogP contribution in [0.15, 0.2) is 47.6 Å². The Labute approximate surface area is 159 Å². The van der Waals surface area contributed by atoms with Crippen LogP contribution in [0.4, 0.5) is 10.1 Å². The van der Waals surface area contributed by atoms with Crippen LogP contribution in [0, 0.1) is 5.82 Å². The monoisotopic (exact) mass is 396 g/mol. The maximum absolute atomic E-state index is 12.9. The average Bonchev–Trinajstić information content (AvgIpc) is 2.94. The molecule has 0 saturated carbocycles. The van der Waals surface area contributed by atoms with Crippen LogP contribution in [-0.4, -0.2) is 14.8 Å². The van der Waals surface area contributed by atoms with Gasteiger partial charge in [0.05, 0.1) is 6.54 Å². The smallest absolute Gasteiger partial charge is 0.191 e. The predicted octanol–water partition coefficient (Wildman–Crippen LogP) is 5.17. The predicted molar refractivity (Wildman–Crippen MR) is 101 cm³/mol. The van der Waals surface area contributed by atoms with E-state index in [0.29, 0.717) is 22.3 Å². The fraction of sp³-hybridized carbons (Fsp3) is 0.176. The summed E-state index contributed by atoms with van der Waals surface area (Å²) in [6, 6.07) is 11.6. The summed E-state index contributed by atoms with van der Waals surface area (Å²) in [5.41, 5.74) is 1.70. The molecule has 25 heavy (non-hydrogen) atoms. The second-order valence-electron chi connectivity index (χ2n) is 5.31. The van der Waals surface area contributed by atoms with Crippen LogP contribution < -0.4 is 5.32 Å². The number of nitrogens with one attached hydrogen (secondary N) is 1. The van der Waals surface area contributed by atoms with E-state index >= 15 is 0 Å². The molecule has 0 radical (unpaired) electrons. The Morgan fingerprint density at radius 2 is 1.76 bits per heavy atom. The first-order chi connectivity index (χ1) is 12.0. The van der Waals surface area contributed by atoms with Gasteiger partial charge in [-0.05, 0) is 42.0 Å². The second-order valence-corrected chi connectivity index (χ2v) is 7.06. The largest absolute Gasteiger partial charge is 0.378 e. The molecule has 3 aromatic rings. The zero-order valence-corrected chi connectivity index (χ0v) is 15.7. The highest BCUT2D eigenvalue weighted by atomic mass is 35.5. The van der Waals surface area contributed by atoms with Gasteiger partial charge < -0.3 is 9.88 Å². The van der Waals surface area contributed by atoms with Gasteiger partial charge in [-0.1, -0.05) is 41.0 Å². The zero-order chi connectivity index (χ0) is 17.8. The van der Waals surface area contributed by atoms with Gasteiger partial charge >= 0.3 is 0 Å². The minimum atomic E-state index is -0.263. The number of hydrogen-bond acceptors (Lipinski definition) is 4. The first-order valence-corrected chi connectivity index (χ1v) is 9.22. The van der Waals surface area contributed by atoms with Gasteiger partial charge in [0.15, 0.2) is 11.0 Å². The fourth-order valence-electron chi connectivity index (χ4n) is 2.18. The van der Waals surface area contributed by atoms with Gasteiger partial charge in [-0.3, -0.25) is 0 Å². The van der Waals surface area contributed by atoms with Gasteiger partial charge in [0.25, 0.3) is 0 Å². The molecule has 0 amide bonds. The van der Waals surface area contributed by atoms with E-state index in [-0.39, 0.29) is 5.82 Å². The third-order valence-corrected chi connectivity index (χ3v) is 5.38. The highest BCUT2D eigenvalue weighted by molar-refractivity contribution is 7.98. The Kier molecular flexibility index (Phi) is 5.83. The lowest BCUT2D eigenvalue weighted by molar-refractivity contribution is 0.628. The molecule has 0 fully saturated rings. The molecule has 1 aromatic heterocycles. The van der Waals surface area contributed by atoms with Crippen molar-refractivity contribution in [3.05, 3.63) is 69.7 Å². The summed E-state index contributed by atoms with van der Waals surface area (Å²) >= 11 is 13.9. The molecule has 4 nitrogen and oxygen atoms in total. The molecule has 0 spiro atoms. The van der Waals surface area contributed by atoms with Gasteiger partial charge in [-0.2, -0.15) is 0 Å². The summed E-state index contributed by atoms with van der Waals surface area (Å²) in [6.45, 7) is 0.489. The summed E-state index contributed by atoms with van der Waals surface area (Å²) in [5, 5.41) is 13.6. The maximum atomic E-state index is 12.9. The normalized spacial score (nSPS) is 10.9. The van der Waals surface area contributed by atoms with Crippen molar-refractivity contribution in [2.45, 2.75) is 17.5 Å². The molecule has 0 unspecified atom stereocenters. The van der Waals surface area contributed by atoms with E-state index in [9.17, 15) is 4.39 Å². The van der Waals surface area contributed by atoms with Crippen LogP contribution >= 0.6 is 35.0 Å². The summed E-state index contributed by atoms with van der Waals surface area (Å²) in [4.78, 5) is 0. The van der Waals surface area contributed by atoms with E-state index in [1.54, 1.807) is 12.1 Å². The van der Waals surface area contributed by atoms with Crippen LogP contribution in [0.3, 0.4) is 0 Å². The van der Waals surface area contributed by atoms with Crippen molar-refractivity contribution in [2.24, 2.45) is 7.05 Å². The third kappa shape index (κ3) is 4.45. The molecule has 0 aliphatic heterocycles. The molecule has 130 valence electrons. The summed E-state index contributed by atoms with van der Waals surface area (Å²) in [5.74, 6) is 1.12. The van der Waals surface area contributed by atoms with Gasteiger partial charge in [0.2, 0.25) is 0 Å². The average molecular weight is 397 g/mol. The molecular formula is C17H15Cl2FN4S. The summed E-state index contributed by atoms with van der Waals surface area (Å²) in [7, 11) is 1.90. The zero-order valence-electron chi connectivity index (χ0n) is 13.3. The van der Waals surface area contributed by atoms with Gasteiger partial charge in [0, 0.05) is 28.5 Å². The molecule has 0 saturated heterocycles. The maximum Gasteiger partial charge on any atom is 0.191 e. The van der Waals surface area contributed by atoms with Crippen molar-refractivity contribution in [2.75, 3.05) is 5.32 Å². The third-order valence-electron chi connectivity index (χ3n) is 3.63. The Morgan fingerprint density at radius 3 is 2.44 bits per heavy atom. The molecule has 0 atom stereocenters. The number of benzene rings is 2. The molecule has 1 N–H and O–H groups in total. The minimum Gasteiger partial charge on any atom is -0.378 e. The number of rotatable bonds is 6. The number of halogens is 3. The van der Waals surface area contributed by atoms with Crippen molar-refractivity contribution < 1.29 is 4.39 Å². The van der Waals surface area contributed by atoms with Crippen LogP contribution in [0.25, 0.3) is 0 Å². The van der Waals surface area contributed by atoms with Gasteiger partial charge in [0.1, 0.15) is 5.82 Å². The van der Waals surface area contributed by atoms with E-state index in [1.165, 1.54) is 23.9 Å². The quantitative estimate of drug-likeness (QED) is 0.583. The van der Waals surface area contributed by atoms with E-state index < -0.39 is 0 Å². The second kappa shape index (κ2) is 8.08. The Balaban J connectivity index is 1.64. The van der Waals surface area contributed by atoms with E-state index in [4.69, 9.17) is 23.2 Å². The number of thioether (sulfide) groups is 1. The number of anilines is 1. The van der Waals surface area contributed by atoms with Crippen LogP contribution in [0.1, 0.15) is 11.4 Å². The minimum absolute atomic E-state index is 0.263. The van der Waals surface area contributed by atoms with E-state index in [0.717, 1.165) is 22.2 Å². The van der Waals surface area contributed by atoms with Crippen molar-refractivity contribution in [1.82, 2.24) is 14.8 Å². The summed E-state index contributed by atoms with van der Waals surface area (Å²) < 4.78 is 14.8. The first kappa shape index (κ1) is 18.0. The van der Waals surface area contributed by atoms with E-state index in [2.05, 4.69) is 15.5 Å². The Morgan fingerprint density at radius 1 is 1.08 bits per heavy atom. The molecule has 1 heterocycles. The molecule has 0 bridgehead atoms. The lowest BCUT2D eigenvalue weighted by Crippen LogP contribution is -2.06. The SMILES string of the molecule is Cn1c(CNc2ccc(F)cc2)nnc1SCc1c(Cl)cccc1Cl. The highest BCUT2D eigenvalue weighted by Crippen LogP contribution is 2.30. The highest BCUT2D eigenvalue weighted by Gasteiger charge is 2.12. The van der Waals surface area contributed by atoms with Crippen molar-refractivity contribution in [1.29, 1.82) is 0 Å². The summed E-state index contributed by atoms with van der Waals surface area (Å²) in [6.07, 6.45) is 0. The number of hydrogen-bond donors (Lipinski definition) is 1. The molecule has 3 rings (SSSR count). The van der Waals surface area contributed by atoms with Crippen molar-refractivity contribution >= 4 is 40.7 Å². The van der Waals surface area contributed by atoms with Crippen molar-refractivity contribution in [3.63, 3.8) is 0 Å².